The fraction of sp³-hybridized carbons (Fsp3) is 0.286. The average molecular weight is 282 g/mol. The molecule has 0 fully saturated rings. The minimum atomic E-state index is -0.0199. The van der Waals surface area contributed by atoms with Crippen molar-refractivity contribution in [2.24, 2.45) is 0 Å². The van der Waals surface area contributed by atoms with Gasteiger partial charge in [0.05, 0.1) is 10.5 Å². The number of benzene rings is 1. The third-order valence-electron chi connectivity index (χ3n) is 2.82. The van der Waals surface area contributed by atoms with Crippen molar-refractivity contribution in [3.63, 3.8) is 0 Å². The summed E-state index contributed by atoms with van der Waals surface area (Å²) in [6.45, 7) is 5.60. The van der Waals surface area contributed by atoms with E-state index in [1.807, 2.05) is 19.9 Å². The van der Waals surface area contributed by atoms with Gasteiger partial charge in [-0.2, -0.15) is 0 Å². The number of carbonyl (C=O) groups excluding carboxylic acids is 1. The Kier molecular flexibility index (Phi) is 3.60. The molecule has 0 N–H and O–H groups in total. The predicted molar refractivity (Wildman–Crippen MR) is 75.9 cm³/mol. The van der Waals surface area contributed by atoms with E-state index in [0.717, 1.165) is 5.69 Å². The van der Waals surface area contributed by atoms with Gasteiger partial charge in [0.25, 0.3) is 0 Å². The van der Waals surface area contributed by atoms with Crippen molar-refractivity contribution in [1.29, 1.82) is 0 Å². The van der Waals surface area contributed by atoms with Gasteiger partial charge in [0.2, 0.25) is 0 Å². The van der Waals surface area contributed by atoms with Crippen LogP contribution in [-0.2, 0) is 0 Å². The molecule has 2 rings (SSSR count). The highest BCUT2D eigenvalue weighted by atomic mass is 35.5. The van der Waals surface area contributed by atoms with Crippen LogP contribution in [0.5, 0.6) is 0 Å². The predicted octanol–water partition coefficient (Wildman–Crippen LogP) is 4.87. The monoisotopic (exact) mass is 281 g/mol. The van der Waals surface area contributed by atoms with E-state index in [0.29, 0.717) is 26.5 Å². The van der Waals surface area contributed by atoms with E-state index >= 15 is 0 Å². The summed E-state index contributed by atoms with van der Waals surface area (Å²) in [6.07, 6.45) is 0. The number of Topliss-reactive ketones (excluding diaryl/α,β-unsaturated/α-hetero) is 1. The molecule has 4 heteroatoms. The van der Waals surface area contributed by atoms with Crippen molar-refractivity contribution < 1.29 is 4.79 Å². The Labute approximate surface area is 116 Å². The summed E-state index contributed by atoms with van der Waals surface area (Å²) in [7, 11) is 0. The van der Waals surface area contributed by atoms with Crippen molar-refractivity contribution in [2.45, 2.75) is 26.7 Å². The van der Waals surface area contributed by atoms with Crippen LogP contribution in [0.15, 0.2) is 18.2 Å². The summed E-state index contributed by atoms with van der Waals surface area (Å²) >= 11 is 12.1. The van der Waals surface area contributed by atoms with E-state index < -0.39 is 0 Å². The van der Waals surface area contributed by atoms with E-state index in [9.17, 15) is 4.79 Å². The maximum absolute atomic E-state index is 11.8. The first-order valence-electron chi connectivity index (χ1n) is 5.70. The zero-order chi connectivity index (χ0) is 13.4. The molecule has 2 aromatic rings. The Morgan fingerprint density at radius 3 is 2.44 bits per heavy atom. The summed E-state index contributed by atoms with van der Waals surface area (Å²) in [6, 6.07) is 5.19. The number of rotatable bonds is 2. The van der Waals surface area contributed by atoms with Gasteiger partial charge in [-0.15, -0.1) is 0 Å². The maximum Gasteiger partial charge on any atom is 0.160 e. The van der Waals surface area contributed by atoms with Crippen LogP contribution < -0.4 is 0 Å². The number of hydrogen-bond donors (Lipinski definition) is 0. The number of hydrogen-bond acceptors (Lipinski definition) is 2. The molecule has 2 nitrogen and oxygen atoms in total. The molecular formula is C14H13Cl2NO. The van der Waals surface area contributed by atoms with Crippen molar-refractivity contribution in [1.82, 2.24) is 4.98 Å². The van der Waals surface area contributed by atoms with Gasteiger partial charge >= 0.3 is 0 Å². The number of fused-ring (bicyclic) bond motifs is 1. The van der Waals surface area contributed by atoms with Crippen LogP contribution in [0.4, 0.5) is 0 Å². The molecule has 0 saturated carbocycles. The Morgan fingerprint density at radius 1 is 1.22 bits per heavy atom. The summed E-state index contributed by atoms with van der Waals surface area (Å²) in [5, 5.41) is 1.67. The minimum Gasteiger partial charge on any atom is -0.294 e. The van der Waals surface area contributed by atoms with E-state index in [-0.39, 0.29) is 11.7 Å². The van der Waals surface area contributed by atoms with Gasteiger partial charge in [-0.05, 0) is 31.0 Å². The highest BCUT2D eigenvalue weighted by molar-refractivity contribution is 6.39. The Hall–Kier alpha value is -1.12. The minimum absolute atomic E-state index is 0.0199. The van der Waals surface area contributed by atoms with Gasteiger partial charge < -0.3 is 0 Å². The van der Waals surface area contributed by atoms with Gasteiger partial charge in [0.1, 0.15) is 0 Å². The lowest BCUT2D eigenvalue weighted by Gasteiger charge is -2.11. The first-order chi connectivity index (χ1) is 8.40. The van der Waals surface area contributed by atoms with Crippen LogP contribution in [0, 0.1) is 0 Å². The molecule has 0 aliphatic rings. The van der Waals surface area contributed by atoms with E-state index in [1.165, 1.54) is 6.92 Å². The molecule has 18 heavy (non-hydrogen) atoms. The van der Waals surface area contributed by atoms with Crippen LogP contribution >= 0.6 is 23.2 Å². The van der Waals surface area contributed by atoms with Gasteiger partial charge in [-0.3, -0.25) is 9.78 Å². The van der Waals surface area contributed by atoms with Crippen molar-refractivity contribution in [3.8, 4) is 0 Å². The second-order valence-electron chi connectivity index (χ2n) is 4.59. The number of halogens is 2. The molecule has 0 spiro atoms. The molecule has 1 heterocycles. The van der Waals surface area contributed by atoms with Gasteiger partial charge in [-0.1, -0.05) is 37.0 Å². The third kappa shape index (κ3) is 2.36. The lowest BCUT2D eigenvalue weighted by atomic mass is 10.0. The van der Waals surface area contributed by atoms with Crippen molar-refractivity contribution in [3.05, 3.63) is 39.5 Å². The van der Waals surface area contributed by atoms with Crippen LogP contribution in [0.25, 0.3) is 10.9 Å². The summed E-state index contributed by atoms with van der Waals surface area (Å²) in [5.41, 5.74) is 2.14. The van der Waals surface area contributed by atoms with E-state index in [2.05, 4.69) is 4.98 Å². The molecule has 1 aromatic carbocycles. The molecule has 0 aliphatic carbocycles. The SMILES string of the molecule is CC(=O)c1cc(C(C)C)nc2cc(Cl)cc(Cl)c12. The molecule has 1 aromatic heterocycles. The van der Waals surface area contributed by atoms with Gasteiger partial charge in [0, 0.05) is 21.7 Å². The molecule has 0 atom stereocenters. The maximum atomic E-state index is 11.8. The van der Waals surface area contributed by atoms with Crippen molar-refractivity contribution >= 4 is 39.9 Å². The van der Waals surface area contributed by atoms with Crippen LogP contribution in [0.3, 0.4) is 0 Å². The summed E-state index contributed by atoms with van der Waals surface area (Å²) < 4.78 is 0. The average Bonchev–Trinajstić information content (AvgIpc) is 2.26. The second-order valence-corrected chi connectivity index (χ2v) is 5.43. The van der Waals surface area contributed by atoms with Crippen molar-refractivity contribution in [2.75, 3.05) is 0 Å². The Balaban J connectivity index is 2.90. The second kappa shape index (κ2) is 4.87. The standard InChI is InChI=1S/C14H13Cl2NO/c1-7(2)12-6-10(8(3)18)14-11(16)4-9(15)5-13(14)17-12/h4-7H,1-3H3. The molecule has 94 valence electrons. The molecule has 0 bridgehead atoms. The highest BCUT2D eigenvalue weighted by Gasteiger charge is 2.14. The van der Waals surface area contributed by atoms with Gasteiger partial charge in [0.15, 0.2) is 5.78 Å². The number of nitrogens with zero attached hydrogens (tertiary/aromatic N) is 1. The summed E-state index contributed by atoms with van der Waals surface area (Å²) in [5.74, 6) is 0.221. The fourth-order valence-corrected chi connectivity index (χ4v) is 2.46. The zero-order valence-electron chi connectivity index (χ0n) is 10.4. The lowest BCUT2D eigenvalue weighted by Crippen LogP contribution is -2.01. The zero-order valence-corrected chi connectivity index (χ0v) is 11.9. The quantitative estimate of drug-likeness (QED) is 0.736. The largest absolute Gasteiger partial charge is 0.294 e. The molecule has 0 radical (unpaired) electrons. The molecular weight excluding hydrogens is 269 g/mol. The smallest absolute Gasteiger partial charge is 0.160 e. The first-order valence-corrected chi connectivity index (χ1v) is 6.46. The fourth-order valence-electron chi connectivity index (χ4n) is 1.88. The number of aromatic nitrogens is 1. The number of carbonyl (C=O) groups is 1. The lowest BCUT2D eigenvalue weighted by molar-refractivity contribution is 0.101. The number of ketones is 1. The van der Waals surface area contributed by atoms with Crippen LogP contribution in [-0.4, -0.2) is 10.8 Å². The van der Waals surface area contributed by atoms with E-state index in [1.54, 1.807) is 12.1 Å². The Morgan fingerprint density at radius 2 is 1.89 bits per heavy atom. The topological polar surface area (TPSA) is 30.0 Å². The van der Waals surface area contributed by atoms with Gasteiger partial charge in [-0.25, -0.2) is 0 Å². The van der Waals surface area contributed by atoms with E-state index in [4.69, 9.17) is 23.2 Å². The highest BCUT2D eigenvalue weighted by Crippen LogP contribution is 2.31. The third-order valence-corrected chi connectivity index (χ3v) is 3.33. The molecule has 0 unspecified atom stereocenters. The summed E-state index contributed by atoms with van der Waals surface area (Å²) in [4.78, 5) is 16.3. The van der Waals surface area contributed by atoms with Crippen LogP contribution in [0.2, 0.25) is 10.0 Å². The molecule has 0 aliphatic heterocycles. The molecule has 0 amide bonds. The molecule has 0 saturated heterocycles. The van der Waals surface area contributed by atoms with Crippen LogP contribution in [0.1, 0.15) is 42.7 Å². The first kappa shape index (κ1) is 13.3. The number of pyridine rings is 1. The normalized spacial score (nSPS) is 11.2. The Bertz CT molecular complexity index is 635.